The number of benzene rings is 2. The number of aromatic nitrogens is 8. The number of hydrogen-bond acceptors (Lipinski definition) is 11. The average Bonchev–Trinajstić information content (AvgIpc) is 3.98. The van der Waals surface area contributed by atoms with Crippen molar-refractivity contribution in [3.8, 4) is 11.5 Å². The molecule has 8 rings (SSSR count). The molecule has 6 aromatic rings. The number of hydrogen-bond donors (Lipinski definition) is 5. The van der Waals surface area contributed by atoms with E-state index in [-0.39, 0.29) is 55.4 Å². The smallest absolute Gasteiger partial charge is 0.306 e. The molecule has 0 spiro atoms. The van der Waals surface area contributed by atoms with Crippen molar-refractivity contribution >= 4 is 63.6 Å². The normalized spacial score (nSPS) is 16.9. The van der Waals surface area contributed by atoms with Gasteiger partial charge in [0.2, 0.25) is 17.8 Å². The van der Waals surface area contributed by atoms with E-state index in [0.717, 1.165) is 0 Å². The zero-order valence-corrected chi connectivity index (χ0v) is 34.6. The zero-order chi connectivity index (χ0) is 43.8. The van der Waals surface area contributed by atoms with Gasteiger partial charge in [0.05, 0.1) is 41.6 Å². The van der Waals surface area contributed by atoms with Crippen molar-refractivity contribution in [1.82, 2.24) is 44.0 Å². The van der Waals surface area contributed by atoms with Crippen LogP contribution in [0.1, 0.15) is 86.2 Å². The van der Waals surface area contributed by atoms with Crippen LogP contribution in [-0.4, -0.2) is 92.6 Å². The Kier molecular flexibility index (Phi) is 11.2. The lowest BCUT2D eigenvalue weighted by Crippen LogP contribution is -2.46. The maximum atomic E-state index is 13.8. The van der Waals surface area contributed by atoms with Crippen LogP contribution in [-0.2, 0) is 31.0 Å². The lowest BCUT2D eigenvalue weighted by atomic mass is 9.80. The summed E-state index contributed by atoms with van der Waals surface area (Å²) in [5, 5.41) is 27.0. The van der Waals surface area contributed by atoms with Gasteiger partial charge in [-0.15, -0.1) is 0 Å². The summed E-state index contributed by atoms with van der Waals surface area (Å²) in [6.45, 7) is 8.87. The van der Waals surface area contributed by atoms with Crippen molar-refractivity contribution in [1.29, 1.82) is 0 Å². The molecule has 322 valence electrons. The third kappa shape index (κ3) is 8.05. The molecule has 2 aliphatic rings. The van der Waals surface area contributed by atoms with E-state index >= 15 is 0 Å². The zero-order valence-electron chi connectivity index (χ0n) is 34.6. The fourth-order valence-electron chi connectivity index (χ4n) is 7.76. The Bertz CT molecular complexity index is 2810. The van der Waals surface area contributed by atoms with Gasteiger partial charge in [0.25, 0.3) is 17.7 Å². The van der Waals surface area contributed by atoms with E-state index < -0.39 is 35.5 Å². The quantitative estimate of drug-likeness (QED) is 0.122. The number of imidazole rings is 2. The number of ether oxygens (including phenoxy) is 2. The third-order valence-corrected chi connectivity index (χ3v) is 10.8. The number of carboxylic acids is 1. The van der Waals surface area contributed by atoms with E-state index in [1.807, 2.05) is 26.0 Å². The molecule has 0 bridgehead atoms. The fraction of sp³-hybridized carbons (Fsp3) is 0.357. The number of aryl methyl sites for hydroxylation is 4. The van der Waals surface area contributed by atoms with Crippen molar-refractivity contribution in [3.05, 3.63) is 82.5 Å². The molecule has 1 aliphatic carbocycles. The van der Waals surface area contributed by atoms with Gasteiger partial charge in [-0.05, 0) is 76.9 Å². The number of amides is 4. The molecule has 0 atom stereocenters. The Hall–Kier alpha value is -7.51. The number of anilines is 2. The lowest BCUT2D eigenvalue weighted by molar-refractivity contribution is -0.145. The second kappa shape index (κ2) is 16.9. The molecule has 2 aromatic carbocycles. The summed E-state index contributed by atoms with van der Waals surface area (Å²) in [6.07, 6.45) is 4.69. The molecule has 6 N–H and O–H groups in total. The molecular formula is C42H46N12O8. The molecule has 1 saturated carbocycles. The van der Waals surface area contributed by atoms with Crippen LogP contribution >= 0.6 is 0 Å². The van der Waals surface area contributed by atoms with Gasteiger partial charge < -0.3 is 34.8 Å². The van der Waals surface area contributed by atoms with Crippen molar-refractivity contribution < 1.29 is 38.6 Å². The SMILES string of the molecule is CCn1nc(C)cc1C(=O)Nc1nc2cc(C(N)=O)cc3c2n1C/C=C/Cn1c(NC(=O)c2cc(C)nn2CC)nc2cc(C(=O)NC4CC(C(=O)O)C4)cc(c21)OCCCO3. The van der Waals surface area contributed by atoms with Crippen molar-refractivity contribution in [2.45, 2.75) is 79.2 Å². The molecule has 0 radical (unpaired) electrons. The maximum absolute atomic E-state index is 13.8. The second-order valence-corrected chi connectivity index (χ2v) is 15.2. The second-order valence-electron chi connectivity index (χ2n) is 15.2. The number of rotatable bonds is 10. The van der Waals surface area contributed by atoms with E-state index in [0.29, 0.717) is 88.7 Å². The summed E-state index contributed by atoms with van der Waals surface area (Å²) < 4.78 is 19.4. The number of carboxylic acid groups (broad SMARTS) is 1. The Balaban J connectivity index is 1.19. The Morgan fingerprint density at radius 1 is 0.726 bits per heavy atom. The standard InChI is InChI=1S/C42H46N12O8/c1-5-53-30(14-22(3)49-53)38(57)47-41-45-28-18-24(36(43)55)20-32-34(28)51(41)10-7-8-11-52-35-29(46-42(52)48-39(58)31-15-23(4)50-54(31)6-2)19-25(21-33(35)62-13-9-12-61-32)37(56)44-27-16-26(17-27)40(59)60/h7-8,14-15,18-21,26-27H,5-6,9-13,16-17H2,1-4H3,(H2,43,55)(H,44,56)(H,59,60)(H,45,47,57)(H,46,48,58)/b8-7+. The van der Waals surface area contributed by atoms with Gasteiger partial charge in [-0.1, -0.05) is 12.2 Å². The summed E-state index contributed by atoms with van der Waals surface area (Å²) in [6, 6.07) is 9.36. The minimum Gasteiger partial charge on any atom is -0.491 e. The van der Waals surface area contributed by atoms with Crippen LogP contribution in [0.2, 0.25) is 0 Å². The first-order valence-corrected chi connectivity index (χ1v) is 20.4. The van der Waals surface area contributed by atoms with Crippen LogP contribution in [0.3, 0.4) is 0 Å². The first-order chi connectivity index (χ1) is 29.8. The molecular weight excluding hydrogens is 801 g/mol. The van der Waals surface area contributed by atoms with Gasteiger partial charge in [0.1, 0.15) is 33.9 Å². The predicted octanol–water partition coefficient (Wildman–Crippen LogP) is 4.05. The number of allylic oxidation sites excluding steroid dienone is 2. The molecule has 1 fully saturated rings. The van der Waals surface area contributed by atoms with Gasteiger partial charge in [-0.25, -0.2) is 9.97 Å². The van der Waals surface area contributed by atoms with Gasteiger partial charge in [0, 0.05) is 49.8 Å². The molecule has 20 nitrogen and oxygen atoms in total. The van der Waals surface area contributed by atoms with Crippen LogP contribution < -0.4 is 31.2 Å². The van der Waals surface area contributed by atoms with Crippen LogP contribution in [0.25, 0.3) is 22.1 Å². The molecule has 0 unspecified atom stereocenters. The summed E-state index contributed by atoms with van der Waals surface area (Å²) in [4.78, 5) is 74.5. The number of nitrogens with zero attached hydrogens (tertiary/aromatic N) is 8. The Morgan fingerprint density at radius 3 is 1.68 bits per heavy atom. The van der Waals surface area contributed by atoms with Crippen LogP contribution in [0.4, 0.5) is 11.9 Å². The predicted molar refractivity (Wildman–Crippen MR) is 226 cm³/mol. The molecule has 4 amide bonds. The summed E-state index contributed by atoms with van der Waals surface area (Å²) >= 11 is 0. The maximum Gasteiger partial charge on any atom is 0.306 e. The highest BCUT2D eigenvalue weighted by atomic mass is 16.5. The van der Waals surface area contributed by atoms with Gasteiger partial charge in [-0.2, -0.15) is 10.2 Å². The molecule has 5 heterocycles. The van der Waals surface area contributed by atoms with E-state index in [1.165, 1.54) is 6.07 Å². The highest BCUT2D eigenvalue weighted by Gasteiger charge is 2.35. The molecule has 62 heavy (non-hydrogen) atoms. The van der Waals surface area contributed by atoms with Gasteiger partial charge >= 0.3 is 5.97 Å². The molecule has 1 aliphatic heterocycles. The monoisotopic (exact) mass is 846 g/mol. The van der Waals surface area contributed by atoms with Gasteiger partial charge in [-0.3, -0.25) is 44.0 Å². The average molecular weight is 847 g/mol. The minimum absolute atomic E-state index is 0.116. The van der Waals surface area contributed by atoms with E-state index in [1.54, 1.807) is 62.7 Å². The number of carbonyl (C=O) groups is 5. The largest absolute Gasteiger partial charge is 0.491 e. The van der Waals surface area contributed by atoms with E-state index in [2.05, 4.69) is 26.1 Å². The molecule has 4 aromatic heterocycles. The number of nitrogens with one attached hydrogen (secondary N) is 3. The van der Waals surface area contributed by atoms with E-state index in [4.69, 9.17) is 25.2 Å². The van der Waals surface area contributed by atoms with Crippen LogP contribution in [0, 0.1) is 19.8 Å². The molecule has 20 heteroatoms. The topological polar surface area (TPSA) is 257 Å². The van der Waals surface area contributed by atoms with E-state index in [9.17, 15) is 29.1 Å². The van der Waals surface area contributed by atoms with Crippen molar-refractivity contribution in [3.63, 3.8) is 0 Å². The lowest BCUT2D eigenvalue weighted by Gasteiger charge is -2.32. The van der Waals surface area contributed by atoms with Crippen molar-refractivity contribution in [2.24, 2.45) is 11.7 Å². The van der Waals surface area contributed by atoms with Crippen LogP contribution in [0.5, 0.6) is 11.5 Å². The summed E-state index contributed by atoms with van der Waals surface area (Å²) in [5.41, 5.74) is 9.89. The van der Waals surface area contributed by atoms with Gasteiger partial charge in [0.15, 0.2) is 0 Å². The summed E-state index contributed by atoms with van der Waals surface area (Å²) in [5.74, 6) is -2.40. The Morgan fingerprint density at radius 2 is 1.21 bits per heavy atom. The fourth-order valence-corrected chi connectivity index (χ4v) is 7.76. The number of carbonyl (C=O) groups excluding carboxylic acids is 4. The van der Waals surface area contributed by atoms with Crippen LogP contribution in [0.15, 0.2) is 48.6 Å². The third-order valence-electron chi connectivity index (χ3n) is 10.8. The number of primary amides is 1. The highest BCUT2D eigenvalue weighted by Crippen LogP contribution is 2.34. The summed E-state index contributed by atoms with van der Waals surface area (Å²) in [7, 11) is 0. The first-order valence-electron chi connectivity index (χ1n) is 20.4. The number of aliphatic carboxylic acids is 1. The first kappa shape index (κ1) is 41.2. The highest BCUT2D eigenvalue weighted by molar-refractivity contribution is 6.05. The number of nitrogens with two attached hydrogens (primary N) is 1. The van der Waals surface area contributed by atoms with Crippen molar-refractivity contribution in [2.75, 3.05) is 23.8 Å². The Labute approximate surface area is 354 Å². The molecule has 0 saturated heterocycles. The minimum atomic E-state index is -0.896.